The predicted molar refractivity (Wildman–Crippen MR) is 149 cm³/mol. The zero-order valence-electron chi connectivity index (χ0n) is 21.5. The Labute approximate surface area is 239 Å². The maximum Gasteiger partial charge on any atom is 0.412 e. The second kappa shape index (κ2) is 11.3. The Hall–Kier alpha value is -3.76. The van der Waals surface area contributed by atoms with Crippen molar-refractivity contribution >= 4 is 48.1 Å². The minimum Gasteiger partial charge on any atom is -0.436 e. The van der Waals surface area contributed by atoms with Crippen LogP contribution in [0.5, 0.6) is 0 Å². The van der Waals surface area contributed by atoms with Crippen LogP contribution in [0.2, 0.25) is 5.02 Å². The lowest BCUT2D eigenvalue weighted by atomic mass is 9.82. The maximum atomic E-state index is 15.3. The molecule has 0 saturated carbocycles. The first-order valence-electron chi connectivity index (χ1n) is 12.7. The van der Waals surface area contributed by atoms with Crippen molar-refractivity contribution in [1.82, 2.24) is 10.2 Å². The molecule has 1 saturated heterocycles. The molecule has 0 aromatic heterocycles. The summed E-state index contributed by atoms with van der Waals surface area (Å²) in [6, 6.07) is 15.6. The number of nitrogens with one attached hydrogen (secondary N) is 2. The number of hydrogen-bond acceptors (Lipinski definition) is 5. The number of likely N-dealkylation sites (tertiary alicyclic amines) is 1. The van der Waals surface area contributed by atoms with Crippen LogP contribution in [0.15, 0.2) is 66.7 Å². The lowest BCUT2D eigenvalue weighted by Gasteiger charge is -2.45. The number of fused-ring (bicyclic) bond motifs is 2. The largest absolute Gasteiger partial charge is 0.436 e. The third-order valence-corrected chi connectivity index (χ3v) is 8.46. The van der Waals surface area contributed by atoms with E-state index in [1.807, 2.05) is 6.07 Å². The number of anilines is 1. The van der Waals surface area contributed by atoms with Crippen molar-refractivity contribution in [2.45, 2.75) is 30.9 Å². The van der Waals surface area contributed by atoms with Gasteiger partial charge >= 0.3 is 13.7 Å². The van der Waals surface area contributed by atoms with Crippen molar-refractivity contribution in [1.29, 1.82) is 0 Å². The number of ether oxygens (including phenoxy) is 1. The van der Waals surface area contributed by atoms with Gasteiger partial charge in [0.25, 0.3) is 5.91 Å². The van der Waals surface area contributed by atoms with Crippen LogP contribution in [0, 0.1) is 5.82 Å². The minimum absolute atomic E-state index is 0.0656. The number of piperidine rings is 1. The fourth-order valence-corrected chi connectivity index (χ4v) is 5.98. The molecule has 0 bridgehead atoms. The Balaban J connectivity index is 1.43. The molecular formula is C28H26ClFN3O7P. The van der Waals surface area contributed by atoms with Crippen LogP contribution in [-0.4, -0.2) is 51.7 Å². The fourth-order valence-electron chi connectivity index (χ4n) is 5.28. The zero-order valence-corrected chi connectivity index (χ0v) is 23.2. The third kappa shape index (κ3) is 5.99. The number of halogens is 2. The third-order valence-electron chi connectivity index (χ3n) is 7.19. The Bertz CT molecular complexity index is 1550. The molecule has 5 rings (SSSR count). The average Bonchev–Trinajstić information content (AvgIpc) is 2.94. The number of benzene rings is 3. The summed E-state index contributed by atoms with van der Waals surface area (Å²) in [6.45, 7) is 0.128. The van der Waals surface area contributed by atoms with Gasteiger partial charge in [-0.3, -0.25) is 19.5 Å². The van der Waals surface area contributed by atoms with Gasteiger partial charge < -0.3 is 24.7 Å². The highest BCUT2D eigenvalue weighted by molar-refractivity contribution is 7.60. The highest BCUT2D eigenvalue weighted by atomic mass is 35.5. The Morgan fingerprint density at radius 2 is 1.83 bits per heavy atom. The van der Waals surface area contributed by atoms with E-state index in [1.54, 1.807) is 24.3 Å². The molecule has 2 aliphatic rings. The molecule has 0 aliphatic carbocycles. The maximum absolute atomic E-state index is 15.3. The van der Waals surface area contributed by atoms with Gasteiger partial charge in [0.1, 0.15) is 6.04 Å². The molecule has 0 radical (unpaired) electrons. The van der Waals surface area contributed by atoms with Gasteiger partial charge in [-0.1, -0.05) is 41.9 Å². The van der Waals surface area contributed by atoms with Crippen LogP contribution in [-0.2, 0) is 26.1 Å². The summed E-state index contributed by atoms with van der Waals surface area (Å²) in [6.07, 6.45) is 0.00522. The van der Waals surface area contributed by atoms with E-state index in [4.69, 9.17) is 16.3 Å². The number of nitrogens with zero attached hydrogens (tertiary/aromatic N) is 1. The van der Waals surface area contributed by atoms with Crippen molar-refractivity contribution in [2.24, 2.45) is 0 Å². The highest BCUT2D eigenvalue weighted by Gasteiger charge is 2.49. The summed E-state index contributed by atoms with van der Waals surface area (Å²) in [5.41, 5.74) is -0.325. The molecule has 3 aromatic carbocycles. The predicted octanol–water partition coefficient (Wildman–Crippen LogP) is 3.70. The smallest absolute Gasteiger partial charge is 0.412 e. The molecule has 41 heavy (non-hydrogen) atoms. The van der Waals surface area contributed by atoms with Gasteiger partial charge in [0.2, 0.25) is 5.91 Å². The lowest BCUT2D eigenvalue weighted by molar-refractivity contribution is -0.141. The molecule has 0 unspecified atom stereocenters. The first-order chi connectivity index (χ1) is 19.5. The number of rotatable bonds is 6. The normalized spacial score (nSPS) is 19.1. The summed E-state index contributed by atoms with van der Waals surface area (Å²) < 4.78 is 32.5. The van der Waals surface area contributed by atoms with Gasteiger partial charge in [0.15, 0.2) is 11.4 Å². The number of amides is 3. The molecule has 214 valence electrons. The van der Waals surface area contributed by atoms with E-state index in [2.05, 4.69) is 10.6 Å². The Morgan fingerprint density at radius 1 is 1.12 bits per heavy atom. The number of carbonyl (C=O) groups excluding carboxylic acids is 3. The number of hydrogen-bond donors (Lipinski definition) is 4. The van der Waals surface area contributed by atoms with Crippen LogP contribution in [0.1, 0.15) is 34.3 Å². The van der Waals surface area contributed by atoms with E-state index in [1.165, 1.54) is 29.2 Å². The fraction of sp³-hybridized carbons (Fsp3) is 0.250. The molecule has 2 heterocycles. The van der Waals surface area contributed by atoms with Gasteiger partial charge in [-0.2, -0.15) is 0 Å². The van der Waals surface area contributed by atoms with E-state index in [0.717, 1.165) is 17.7 Å². The molecule has 2 aliphatic heterocycles. The van der Waals surface area contributed by atoms with Crippen LogP contribution in [0.4, 0.5) is 14.9 Å². The second-order valence-electron chi connectivity index (χ2n) is 9.96. The van der Waals surface area contributed by atoms with Gasteiger partial charge in [-0.25, -0.2) is 9.18 Å². The quantitative estimate of drug-likeness (QED) is 0.315. The van der Waals surface area contributed by atoms with Crippen LogP contribution in [0.3, 0.4) is 0 Å². The summed E-state index contributed by atoms with van der Waals surface area (Å²) >= 11 is 6.06. The average molecular weight is 602 g/mol. The Kier molecular flexibility index (Phi) is 7.89. The number of carbonyl (C=O) groups is 3. The van der Waals surface area contributed by atoms with Gasteiger partial charge in [-0.15, -0.1) is 0 Å². The molecule has 3 aromatic rings. The molecular weight excluding hydrogens is 576 g/mol. The van der Waals surface area contributed by atoms with Gasteiger partial charge in [-0.05, 0) is 54.8 Å². The van der Waals surface area contributed by atoms with Crippen LogP contribution < -0.4 is 15.9 Å². The molecule has 3 amide bonds. The zero-order chi connectivity index (χ0) is 29.4. The monoisotopic (exact) mass is 601 g/mol. The standard InChI is InChI=1S/C28H26ClFN3O7P/c29-20-11-12-21-23(24(20)30)28(40-27(36)32-21)13-4-14-33(16-28)26(35)22(15-17-5-2-1-3-6-17)31-25(34)18-7-9-19(10-8-18)41(37,38)39/h1-3,5-12,22H,4,13-16H2,(H,31,34)(H,32,36)(H2,37,38,39)/t22-,28+/m1/s1. The summed E-state index contributed by atoms with van der Waals surface area (Å²) in [5, 5.41) is 4.83. The first kappa shape index (κ1) is 28.8. The van der Waals surface area contributed by atoms with Crippen molar-refractivity contribution in [3.05, 3.63) is 94.3 Å². The Morgan fingerprint density at radius 3 is 2.51 bits per heavy atom. The first-order valence-corrected chi connectivity index (χ1v) is 14.7. The minimum atomic E-state index is -4.49. The lowest BCUT2D eigenvalue weighted by Crippen LogP contribution is -2.57. The molecule has 4 N–H and O–H groups in total. The van der Waals surface area contributed by atoms with Crippen LogP contribution in [0.25, 0.3) is 0 Å². The molecule has 13 heteroatoms. The van der Waals surface area contributed by atoms with E-state index in [-0.39, 0.29) is 53.1 Å². The SMILES string of the molecule is O=C1Nc2ccc(Cl)c(F)c2[C@@]2(CCCN(C(=O)[C@@H](Cc3ccccc3)NC(=O)c3ccc(P(=O)(O)O)cc3)C2)O1. The summed E-state index contributed by atoms with van der Waals surface area (Å²) in [7, 11) is -4.49. The van der Waals surface area contributed by atoms with Gasteiger partial charge in [0.05, 0.1) is 28.1 Å². The van der Waals surface area contributed by atoms with Gasteiger partial charge in [0, 0.05) is 18.5 Å². The van der Waals surface area contributed by atoms with Crippen molar-refractivity contribution in [2.75, 3.05) is 18.4 Å². The molecule has 2 atom stereocenters. The second-order valence-corrected chi connectivity index (χ2v) is 12.0. The molecule has 10 nitrogen and oxygen atoms in total. The van der Waals surface area contributed by atoms with E-state index in [0.29, 0.717) is 6.42 Å². The van der Waals surface area contributed by atoms with Crippen LogP contribution >= 0.6 is 19.2 Å². The van der Waals surface area contributed by atoms with E-state index < -0.39 is 43.0 Å². The van der Waals surface area contributed by atoms with Crippen molar-refractivity contribution in [3.8, 4) is 0 Å². The molecule has 1 fully saturated rings. The van der Waals surface area contributed by atoms with Crippen molar-refractivity contribution in [3.63, 3.8) is 0 Å². The summed E-state index contributed by atoms with van der Waals surface area (Å²) in [5.74, 6) is -1.84. The van der Waals surface area contributed by atoms with E-state index in [9.17, 15) is 28.7 Å². The van der Waals surface area contributed by atoms with Crippen molar-refractivity contribution < 1.29 is 37.9 Å². The summed E-state index contributed by atoms with van der Waals surface area (Å²) in [4.78, 5) is 59.7. The molecule has 1 spiro atoms. The topological polar surface area (TPSA) is 145 Å². The highest BCUT2D eigenvalue weighted by Crippen LogP contribution is 2.45. The van der Waals surface area contributed by atoms with E-state index >= 15 is 4.39 Å².